The molecule has 0 saturated carbocycles. The molecule has 3 rings (SSSR count). The smallest absolute Gasteiger partial charge is 0.242 e. The van der Waals surface area contributed by atoms with Gasteiger partial charge in [0, 0.05) is 44.1 Å². The normalized spacial score (nSPS) is 14.0. The molecule has 1 amide bonds. The minimum absolute atomic E-state index is 0.0426. The molecule has 10 heteroatoms. The summed E-state index contributed by atoms with van der Waals surface area (Å²) in [4.78, 5) is 24.4. The molecule has 2 heterocycles. The van der Waals surface area contributed by atoms with Gasteiger partial charge in [-0.05, 0) is 12.1 Å². The number of anilines is 2. The number of nitrogens with zero attached hydrogens (tertiary/aromatic N) is 4. The van der Waals surface area contributed by atoms with Gasteiger partial charge in [0.05, 0.1) is 24.2 Å². The van der Waals surface area contributed by atoms with Crippen molar-refractivity contribution in [1.82, 2.24) is 14.9 Å². The van der Waals surface area contributed by atoms with Gasteiger partial charge >= 0.3 is 0 Å². The van der Waals surface area contributed by atoms with Crippen molar-refractivity contribution in [2.75, 3.05) is 50.1 Å². The van der Waals surface area contributed by atoms with Crippen LogP contribution in [-0.2, 0) is 4.79 Å². The average molecular weight is 423 g/mol. The van der Waals surface area contributed by atoms with Crippen LogP contribution in [0.25, 0.3) is 0 Å². The van der Waals surface area contributed by atoms with E-state index in [1.807, 2.05) is 18.2 Å². The number of piperazine rings is 1. The van der Waals surface area contributed by atoms with Crippen molar-refractivity contribution in [1.29, 1.82) is 5.41 Å². The molecule has 2 aromatic rings. The van der Waals surface area contributed by atoms with Gasteiger partial charge in [0.1, 0.15) is 23.0 Å². The Morgan fingerprint density at radius 1 is 1.29 bits per heavy atom. The minimum Gasteiger partial charge on any atom is -0.495 e. The summed E-state index contributed by atoms with van der Waals surface area (Å²) in [5, 5.41) is 11.1. The Bertz CT molecular complexity index is 871. The molecule has 1 aromatic carbocycles. The van der Waals surface area contributed by atoms with Crippen LogP contribution in [0.4, 0.5) is 11.5 Å². The zero-order chi connectivity index (χ0) is 20.1. The predicted molar refractivity (Wildman–Crippen MR) is 110 cm³/mol. The van der Waals surface area contributed by atoms with E-state index in [2.05, 4.69) is 20.2 Å². The summed E-state index contributed by atoms with van der Waals surface area (Å²) in [6.07, 6.45) is 2.36. The Labute approximate surface area is 172 Å². The van der Waals surface area contributed by atoms with Crippen LogP contribution in [0.15, 0.2) is 24.5 Å². The third-order valence-corrected chi connectivity index (χ3v) is 5.13. The van der Waals surface area contributed by atoms with Crippen LogP contribution >= 0.6 is 23.2 Å². The fourth-order valence-electron chi connectivity index (χ4n) is 2.97. The Morgan fingerprint density at radius 3 is 2.71 bits per heavy atom. The third-order valence-electron chi connectivity index (χ3n) is 4.52. The van der Waals surface area contributed by atoms with E-state index in [4.69, 9.17) is 33.3 Å². The van der Waals surface area contributed by atoms with Crippen molar-refractivity contribution in [2.45, 2.75) is 0 Å². The van der Waals surface area contributed by atoms with Crippen LogP contribution in [0.5, 0.6) is 5.75 Å². The van der Waals surface area contributed by atoms with Gasteiger partial charge in [-0.3, -0.25) is 4.79 Å². The van der Waals surface area contributed by atoms with Gasteiger partial charge in [0.15, 0.2) is 0 Å². The molecule has 1 fully saturated rings. The number of halogens is 2. The summed E-state index contributed by atoms with van der Waals surface area (Å²) in [5.41, 5.74) is 1.37. The molecule has 0 atom stereocenters. The van der Waals surface area contributed by atoms with E-state index in [9.17, 15) is 4.79 Å². The summed E-state index contributed by atoms with van der Waals surface area (Å²) < 4.78 is 5.27. The fourth-order valence-corrected chi connectivity index (χ4v) is 3.36. The first-order valence-electron chi connectivity index (χ1n) is 8.64. The van der Waals surface area contributed by atoms with Gasteiger partial charge in [-0.1, -0.05) is 23.2 Å². The standard InChI is InChI=1S/C18H20Cl2N6O2/c1-28-15-8-12(2-3-14(15)19)25-4-6-26(7-5-25)16(27)10-22-18-13(9-21)17(20)23-11-24-18/h2-3,8-9,11,21H,4-7,10H2,1H3,(H,22,23,24). The van der Waals surface area contributed by atoms with E-state index in [1.54, 1.807) is 12.0 Å². The summed E-state index contributed by atoms with van der Waals surface area (Å²) in [6, 6.07) is 5.66. The van der Waals surface area contributed by atoms with Gasteiger partial charge in [-0.25, -0.2) is 9.97 Å². The Hall–Kier alpha value is -2.58. The molecule has 1 aromatic heterocycles. The fraction of sp³-hybridized carbons (Fsp3) is 0.333. The van der Waals surface area contributed by atoms with Crippen molar-refractivity contribution in [3.05, 3.63) is 40.3 Å². The van der Waals surface area contributed by atoms with Crippen LogP contribution in [0.1, 0.15) is 5.56 Å². The first-order valence-corrected chi connectivity index (χ1v) is 9.40. The summed E-state index contributed by atoms with van der Waals surface area (Å²) in [7, 11) is 1.59. The maximum absolute atomic E-state index is 12.5. The predicted octanol–water partition coefficient (Wildman–Crippen LogP) is 2.55. The van der Waals surface area contributed by atoms with Gasteiger partial charge in [0.2, 0.25) is 5.91 Å². The first-order chi connectivity index (χ1) is 13.5. The van der Waals surface area contributed by atoms with Crippen LogP contribution in [0, 0.1) is 5.41 Å². The van der Waals surface area contributed by atoms with E-state index in [0.29, 0.717) is 48.3 Å². The lowest BCUT2D eigenvalue weighted by Crippen LogP contribution is -2.50. The highest BCUT2D eigenvalue weighted by molar-refractivity contribution is 6.32. The monoisotopic (exact) mass is 422 g/mol. The molecule has 148 valence electrons. The molecular formula is C18H20Cl2N6O2. The number of rotatable bonds is 6. The number of carbonyl (C=O) groups is 1. The number of methoxy groups -OCH3 is 1. The highest BCUT2D eigenvalue weighted by Gasteiger charge is 2.22. The second-order valence-electron chi connectivity index (χ2n) is 6.11. The van der Waals surface area contributed by atoms with E-state index in [-0.39, 0.29) is 17.6 Å². The maximum atomic E-state index is 12.5. The number of aromatic nitrogens is 2. The number of hydrogen-bond donors (Lipinski definition) is 2. The number of benzene rings is 1. The lowest BCUT2D eigenvalue weighted by molar-refractivity contribution is -0.129. The summed E-state index contributed by atoms with van der Waals surface area (Å²) >= 11 is 12.0. The molecule has 1 saturated heterocycles. The quantitative estimate of drug-likeness (QED) is 0.548. The summed E-state index contributed by atoms with van der Waals surface area (Å²) in [6.45, 7) is 2.70. The van der Waals surface area contributed by atoms with Crippen molar-refractivity contribution in [3.8, 4) is 5.75 Å². The Morgan fingerprint density at radius 2 is 2.04 bits per heavy atom. The Kier molecular flexibility index (Phi) is 6.53. The molecule has 28 heavy (non-hydrogen) atoms. The zero-order valence-corrected chi connectivity index (χ0v) is 16.8. The third kappa shape index (κ3) is 4.45. The number of ether oxygens (including phenoxy) is 1. The van der Waals surface area contributed by atoms with Gasteiger partial charge in [-0.15, -0.1) is 0 Å². The molecule has 1 aliphatic heterocycles. The van der Waals surface area contributed by atoms with Crippen molar-refractivity contribution >= 4 is 46.8 Å². The van der Waals surface area contributed by atoms with Gasteiger partial charge in [-0.2, -0.15) is 0 Å². The highest BCUT2D eigenvalue weighted by atomic mass is 35.5. The van der Waals surface area contributed by atoms with E-state index >= 15 is 0 Å². The average Bonchev–Trinajstić information content (AvgIpc) is 2.72. The number of carbonyl (C=O) groups excluding carboxylic acids is 1. The lowest BCUT2D eigenvalue weighted by Gasteiger charge is -2.36. The molecule has 0 spiro atoms. The van der Waals surface area contributed by atoms with Crippen molar-refractivity contribution in [3.63, 3.8) is 0 Å². The number of amides is 1. The molecule has 1 aliphatic rings. The van der Waals surface area contributed by atoms with E-state index in [0.717, 1.165) is 11.9 Å². The van der Waals surface area contributed by atoms with Crippen LogP contribution in [-0.4, -0.2) is 66.8 Å². The van der Waals surface area contributed by atoms with Gasteiger partial charge in [0.25, 0.3) is 0 Å². The highest BCUT2D eigenvalue weighted by Crippen LogP contribution is 2.29. The maximum Gasteiger partial charge on any atom is 0.242 e. The SMILES string of the molecule is COc1cc(N2CCN(C(=O)CNc3ncnc(Cl)c3C=N)CC2)ccc1Cl. The van der Waals surface area contributed by atoms with Crippen molar-refractivity contribution in [2.24, 2.45) is 0 Å². The molecule has 0 bridgehead atoms. The number of nitrogens with one attached hydrogen (secondary N) is 2. The minimum atomic E-state index is -0.0426. The second kappa shape index (κ2) is 9.07. The van der Waals surface area contributed by atoms with Crippen molar-refractivity contribution < 1.29 is 9.53 Å². The van der Waals surface area contributed by atoms with E-state index < -0.39 is 0 Å². The molecule has 0 aliphatic carbocycles. The summed E-state index contributed by atoms with van der Waals surface area (Å²) in [5.74, 6) is 0.960. The molecule has 0 unspecified atom stereocenters. The van der Waals surface area contributed by atoms with Gasteiger partial charge < -0.3 is 25.3 Å². The first kappa shape index (κ1) is 20.2. The van der Waals surface area contributed by atoms with E-state index in [1.165, 1.54) is 6.33 Å². The topological polar surface area (TPSA) is 94.4 Å². The molecule has 0 radical (unpaired) electrons. The van der Waals surface area contributed by atoms with Crippen LogP contribution in [0.3, 0.4) is 0 Å². The zero-order valence-electron chi connectivity index (χ0n) is 15.3. The number of hydrogen-bond acceptors (Lipinski definition) is 7. The molecule has 8 nitrogen and oxygen atoms in total. The van der Waals surface area contributed by atoms with Crippen LogP contribution in [0.2, 0.25) is 10.2 Å². The largest absolute Gasteiger partial charge is 0.495 e. The molecule has 2 N–H and O–H groups in total. The molecular weight excluding hydrogens is 403 g/mol. The van der Waals surface area contributed by atoms with Crippen LogP contribution < -0.4 is 15.0 Å². The lowest BCUT2D eigenvalue weighted by atomic mass is 10.2. The Balaban J connectivity index is 1.56. The second-order valence-corrected chi connectivity index (χ2v) is 6.88.